The molecule has 2 N–H and O–H groups in total. The third-order valence-electron chi connectivity index (χ3n) is 3.93. The van der Waals surface area contributed by atoms with Gasteiger partial charge in [-0.15, -0.1) is 0 Å². The molecule has 1 saturated heterocycles. The normalized spacial score (nSPS) is 38.2. The number of nitrogens with one attached hydrogen (secondary N) is 1. The molecule has 2 rings (SSSR count). The van der Waals surface area contributed by atoms with Crippen LogP contribution in [0, 0.1) is 5.92 Å². The highest BCUT2D eigenvalue weighted by molar-refractivity contribution is 5.86. The topological polar surface area (TPSA) is 52.6 Å². The molecule has 0 aromatic carbocycles. The largest absolute Gasteiger partial charge is 0.393 e. The average molecular weight is 226 g/mol. The molecule has 0 aromatic heterocycles. The Morgan fingerprint density at radius 1 is 1.56 bits per heavy atom. The average Bonchev–Trinajstić information content (AvgIpc) is 2.63. The van der Waals surface area contributed by atoms with Crippen molar-refractivity contribution in [3.8, 4) is 0 Å². The minimum Gasteiger partial charge on any atom is -0.393 e. The van der Waals surface area contributed by atoms with Gasteiger partial charge in [0.2, 0.25) is 5.91 Å². The molecular weight excluding hydrogens is 204 g/mol. The number of aliphatic hydroxyl groups excluding tert-OH is 1. The SMILES string of the molecule is CN(CC1CC(O)C1)C(=O)C1(C)CCCN1. The van der Waals surface area contributed by atoms with Crippen molar-refractivity contribution in [1.29, 1.82) is 0 Å². The lowest BCUT2D eigenvalue weighted by Crippen LogP contribution is -2.53. The van der Waals surface area contributed by atoms with Gasteiger partial charge in [-0.2, -0.15) is 0 Å². The van der Waals surface area contributed by atoms with Gasteiger partial charge in [-0.05, 0) is 45.1 Å². The van der Waals surface area contributed by atoms with Crippen LogP contribution < -0.4 is 5.32 Å². The molecule has 2 fully saturated rings. The number of rotatable bonds is 3. The minimum absolute atomic E-state index is 0.131. The van der Waals surface area contributed by atoms with Gasteiger partial charge in [-0.25, -0.2) is 0 Å². The highest BCUT2D eigenvalue weighted by Gasteiger charge is 2.39. The third kappa shape index (κ3) is 2.23. The van der Waals surface area contributed by atoms with Gasteiger partial charge in [0, 0.05) is 13.6 Å². The van der Waals surface area contributed by atoms with Gasteiger partial charge in [-0.1, -0.05) is 0 Å². The Morgan fingerprint density at radius 2 is 2.25 bits per heavy atom. The lowest BCUT2D eigenvalue weighted by atomic mass is 9.82. The molecule has 1 aliphatic heterocycles. The van der Waals surface area contributed by atoms with Crippen LogP contribution in [0.25, 0.3) is 0 Å². The van der Waals surface area contributed by atoms with Crippen molar-refractivity contribution < 1.29 is 9.90 Å². The van der Waals surface area contributed by atoms with E-state index >= 15 is 0 Å². The number of amides is 1. The summed E-state index contributed by atoms with van der Waals surface area (Å²) in [7, 11) is 1.87. The Kier molecular flexibility index (Phi) is 3.22. The number of hydrogen-bond acceptors (Lipinski definition) is 3. The van der Waals surface area contributed by atoms with Gasteiger partial charge in [-0.3, -0.25) is 4.79 Å². The summed E-state index contributed by atoms with van der Waals surface area (Å²) in [5.74, 6) is 0.695. The fraction of sp³-hybridized carbons (Fsp3) is 0.917. The van der Waals surface area contributed by atoms with E-state index in [2.05, 4.69) is 5.32 Å². The Morgan fingerprint density at radius 3 is 2.75 bits per heavy atom. The third-order valence-corrected chi connectivity index (χ3v) is 3.93. The molecule has 0 spiro atoms. The minimum atomic E-state index is -0.350. The number of carbonyl (C=O) groups excluding carboxylic acids is 1. The molecule has 1 heterocycles. The molecule has 1 aliphatic carbocycles. The van der Waals surface area contributed by atoms with Gasteiger partial charge in [0.1, 0.15) is 0 Å². The summed E-state index contributed by atoms with van der Waals surface area (Å²) in [6, 6.07) is 0. The number of nitrogens with zero attached hydrogens (tertiary/aromatic N) is 1. The van der Waals surface area contributed by atoms with E-state index in [-0.39, 0.29) is 17.6 Å². The number of hydrogen-bond donors (Lipinski definition) is 2. The molecule has 4 nitrogen and oxygen atoms in total. The first-order chi connectivity index (χ1) is 7.51. The maximum atomic E-state index is 12.2. The van der Waals surface area contributed by atoms with Crippen molar-refractivity contribution in [1.82, 2.24) is 10.2 Å². The van der Waals surface area contributed by atoms with Gasteiger partial charge in [0.05, 0.1) is 11.6 Å². The smallest absolute Gasteiger partial charge is 0.242 e. The summed E-state index contributed by atoms with van der Waals surface area (Å²) < 4.78 is 0. The van der Waals surface area contributed by atoms with Crippen LogP contribution in [0.3, 0.4) is 0 Å². The first kappa shape index (κ1) is 11.9. The molecule has 1 atom stereocenters. The van der Waals surface area contributed by atoms with Gasteiger partial charge in [0.15, 0.2) is 0 Å². The van der Waals surface area contributed by atoms with Crippen LogP contribution in [0.2, 0.25) is 0 Å². The molecule has 16 heavy (non-hydrogen) atoms. The van der Waals surface area contributed by atoms with Crippen molar-refractivity contribution in [3.63, 3.8) is 0 Å². The van der Waals surface area contributed by atoms with Crippen molar-refractivity contribution >= 4 is 5.91 Å². The second kappa shape index (κ2) is 4.34. The van der Waals surface area contributed by atoms with Crippen LogP contribution in [0.5, 0.6) is 0 Å². The first-order valence-corrected chi connectivity index (χ1v) is 6.20. The molecule has 2 aliphatic rings. The van der Waals surface area contributed by atoms with E-state index < -0.39 is 0 Å². The van der Waals surface area contributed by atoms with E-state index in [9.17, 15) is 9.90 Å². The summed E-state index contributed by atoms with van der Waals surface area (Å²) in [4.78, 5) is 14.1. The summed E-state index contributed by atoms with van der Waals surface area (Å²) in [6.07, 6.45) is 3.58. The van der Waals surface area contributed by atoms with Gasteiger partial charge < -0.3 is 15.3 Å². The predicted molar refractivity (Wildman–Crippen MR) is 62.0 cm³/mol. The number of likely N-dealkylation sites (N-methyl/N-ethyl adjacent to an activating group) is 1. The van der Waals surface area contributed by atoms with Crippen LogP contribution in [0.1, 0.15) is 32.6 Å². The second-order valence-electron chi connectivity index (χ2n) is 5.54. The van der Waals surface area contributed by atoms with E-state index in [0.717, 1.165) is 38.8 Å². The number of aliphatic hydroxyl groups is 1. The molecule has 0 radical (unpaired) electrons. The maximum absolute atomic E-state index is 12.2. The van der Waals surface area contributed by atoms with Crippen LogP contribution in [0.4, 0.5) is 0 Å². The van der Waals surface area contributed by atoms with E-state index in [0.29, 0.717) is 5.92 Å². The summed E-state index contributed by atoms with van der Waals surface area (Å²) in [5, 5.41) is 12.5. The fourth-order valence-corrected chi connectivity index (χ4v) is 2.82. The van der Waals surface area contributed by atoms with E-state index in [1.54, 1.807) is 0 Å². The fourth-order valence-electron chi connectivity index (χ4n) is 2.82. The van der Waals surface area contributed by atoms with Gasteiger partial charge >= 0.3 is 0 Å². The van der Waals surface area contributed by atoms with E-state index in [1.165, 1.54) is 0 Å². The quantitative estimate of drug-likeness (QED) is 0.730. The molecule has 0 bridgehead atoms. The molecular formula is C12H22N2O2. The Labute approximate surface area is 97.0 Å². The van der Waals surface area contributed by atoms with Crippen molar-refractivity contribution in [2.45, 2.75) is 44.2 Å². The van der Waals surface area contributed by atoms with Gasteiger partial charge in [0.25, 0.3) is 0 Å². The summed E-state index contributed by atoms with van der Waals surface area (Å²) in [5.41, 5.74) is -0.350. The molecule has 92 valence electrons. The Bertz CT molecular complexity index is 268. The van der Waals surface area contributed by atoms with E-state index in [1.807, 2.05) is 18.9 Å². The summed E-state index contributed by atoms with van der Waals surface area (Å²) in [6.45, 7) is 3.72. The highest BCUT2D eigenvalue weighted by atomic mass is 16.3. The Hall–Kier alpha value is -0.610. The highest BCUT2D eigenvalue weighted by Crippen LogP contribution is 2.29. The van der Waals surface area contributed by atoms with Crippen molar-refractivity contribution in [2.75, 3.05) is 20.1 Å². The van der Waals surface area contributed by atoms with Crippen molar-refractivity contribution in [3.05, 3.63) is 0 Å². The maximum Gasteiger partial charge on any atom is 0.242 e. The van der Waals surface area contributed by atoms with E-state index in [4.69, 9.17) is 0 Å². The zero-order valence-corrected chi connectivity index (χ0v) is 10.2. The predicted octanol–water partition coefficient (Wildman–Crippen LogP) is 0.358. The number of carbonyl (C=O) groups is 1. The Balaban J connectivity index is 1.84. The second-order valence-corrected chi connectivity index (χ2v) is 5.54. The van der Waals surface area contributed by atoms with Crippen LogP contribution in [-0.4, -0.2) is 47.7 Å². The van der Waals surface area contributed by atoms with Crippen LogP contribution in [-0.2, 0) is 4.79 Å². The molecule has 4 heteroatoms. The standard InChI is InChI=1S/C12H22N2O2/c1-12(4-3-5-13-12)11(16)14(2)8-9-6-10(15)7-9/h9-10,13,15H,3-8H2,1-2H3. The van der Waals surface area contributed by atoms with Crippen molar-refractivity contribution in [2.24, 2.45) is 5.92 Å². The monoisotopic (exact) mass is 226 g/mol. The lowest BCUT2D eigenvalue weighted by Gasteiger charge is -2.37. The molecule has 1 unspecified atom stereocenters. The van der Waals surface area contributed by atoms with Crippen LogP contribution in [0.15, 0.2) is 0 Å². The first-order valence-electron chi connectivity index (χ1n) is 6.20. The molecule has 1 saturated carbocycles. The lowest BCUT2D eigenvalue weighted by molar-refractivity contribution is -0.137. The van der Waals surface area contributed by atoms with Crippen LogP contribution >= 0.6 is 0 Å². The zero-order chi connectivity index (χ0) is 11.8. The zero-order valence-electron chi connectivity index (χ0n) is 10.2. The molecule has 1 amide bonds. The summed E-state index contributed by atoms with van der Waals surface area (Å²) >= 11 is 0. The molecule has 0 aromatic rings.